The molecule has 0 aliphatic rings. The van der Waals surface area contributed by atoms with Crippen molar-refractivity contribution in [1.82, 2.24) is 20.4 Å². The molecule has 0 fully saturated rings. The molecule has 9 heteroatoms. The Labute approximate surface area is 159 Å². The predicted octanol–water partition coefficient (Wildman–Crippen LogP) is 3.31. The zero-order valence-electron chi connectivity index (χ0n) is 13.8. The third-order valence-corrected chi connectivity index (χ3v) is 3.95. The van der Waals surface area contributed by atoms with Gasteiger partial charge in [-0.25, -0.2) is 10.1 Å². The maximum Gasteiger partial charge on any atom is 0.277 e. The largest absolute Gasteiger partial charge is 0.482 e. The maximum absolute atomic E-state index is 11.9. The van der Waals surface area contributed by atoms with Crippen LogP contribution >= 0.6 is 23.2 Å². The topological polar surface area (TPSA) is 81.4 Å². The van der Waals surface area contributed by atoms with Gasteiger partial charge in [-0.05, 0) is 37.3 Å². The molecule has 1 amide bonds. The third-order valence-electron chi connectivity index (χ3n) is 3.42. The molecule has 0 saturated carbocycles. The van der Waals surface area contributed by atoms with Crippen LogP contribution in [-0.4, -0.2) is 33.2 Å². The first-order valence-electron chi connectivity index (χ1n) is 7.71. The van der Waals surface area contributed by atoms with Gasteiger partial charge in [-0.1, -0.05) is 40.5 Å². The van der Waals surface area contributed by atoms with Crippen molar-refractivity contribution in [2.45, 2.75) is 13.5 Å². The zero-order valence-corrected chi connectivity index (χ0v) is 15.3. The minimum Gasteiger partial charge on any atom is -0.482 e. The molecule has 2 aromatic carbocycles. The molecule has 0 bridgehead atoms. The third kappa shape index (κ3) is 4.50. The lowest BCUT2D eigenvalue weighted by Gasteiger charge is -2.07. The number of halogens is 2. The molecule has 0 radical (unpaired) electrons. The van der Waals surface area contributed by atoms with E-state index in [1.807, 2.05) is 24.3 Å². The van der Waals surface area contributed by atoms with Crippen molar-refractivity contribution < 1.29 is 9.53 Å². The first-order chi connectivity index (χ1) is 12.5. The van der Waals surface area contributed by atoms with Gasteiger partial charge in [-0.15, -0.1) is 5.10 Å². The second kappa shape index (κ2) is 8.16. The minimum atomic E-state index is -0.404. The lowest BCUT2D eigenvalue weighted by atomic mass is 10.3. The lowest BCUT2D eigenvalue weighted by Crippen LogP contribution is -2.26. The van der Waals surface area contributed by atoms with E-state index in [-0.39, 0.29) is 6.61 Å². The summed E-state index contributed by atoms with van der Waals surface area (Å²) in [5, 5.41) is 13.0. The van der Waals surface area contributed by atoms with E-state index >= 15 is 0 Å². The second-order valence-electron chi connectivity index (χ2n) is 5.48. The second-order valence-corrected chi connectivity index (χ2v) is 6.32. The van der Waals surface area contributed by atoms with Gasteiger partial charge in [0.25, 0.3) is 5.91 Å². The summed E-state index contributed by atoms with van der Waals surface area (Å²) in [5.74, 6) is -0.0279. The molecule has 1 N–H and O–H groups in total. The average Bonchev–Trinajstić information content (AvgIpc) is 3.02. The standard InChI is InChI=1S/C17H15Cl2N5O2/c1-11(9-24-15-5-3-2-4-14(15)21-23-24)20-22-17(25)10-26-16-7-6-12(18)8-13(16)19/h2-8H,9-10H2,1H3,(H,22,25). The normalized spacial score (nSPS) is 11.6. The SMILES string of the molecule is CC(Cn1nnc2ccccc21)=NNC(=O)COc1ccc(Cl)cc1Cl. The van der Waals surface area contributed by atoms with Crippen LogP contribution in [0.15, 0.2) is 47.6 Å². The van der Waals surface area contributed by atoms with Crippen LogP contribution < -0.4 is 10.2 Å². The molecule has 134 valence electrons. The van der Waals surface area contributed by atoms with Gasteiger partial charge >= 0.3 is 0 Å². The summed E-state index contributed by atoms with van der Waals surface area (Å²) in [6, 6.07) is 12.4. The maximum atomic E-state index is 11.9. The number of amides is 1. The van der Waals surface area contributed by atoms with Crippen LogP contribution in [0.3, 0.4) is 0 Å². The molecule has 0 spiro atoms. The fraction of sp³-hybridized carbons (Fsp3) is 0.176. The van der Waals surface area contributed by atoms with E-state index in [9.17, 15) is 4.79 Å². The van der Waals surface area contributed by atoms with Crippen LogP contribution in [0, 0.1) is 0 Å². The summed E-state index contributed by atoms with van der Waals surface area (Å²) in [5.41, 5.74) is 4.80. The highest BCUT2D eigenvalue weighted by molar-refractivity contribution is 6.35. The quantitative estimate of drug-likeness (QED) is 0.516. The van der Waals surface area contributed by atoms with Crippen LogP contribution in [0.5, 0.6) is 5.75 Å². The number of nitrogens with one attached hydrogen (secondary N) is 1. The predicted molar refractivity (Wildman–Crippen MR) is 101 cm³/mol. The van der Waals surface area contributed by atoms with Crippen molar-refractivity contribution in [2.75, 3.05) is 6.61 Å². The Hall–Kier alpha value is -2.64. The molecular weight excluding hydrogens is 377 g/mol. The number of ether oxygens (including phenoxy) is 1. The summed E-state index contributed by atoms with van der Waals surface area (Å²) in [7, 11) is 0. The van der Waals surface area contributed by atoms with Crippen LogP contribution in [0.4, 0.5) is 0 Å². The zero-order chi connectivity index (χ0) is 18.5. The van der Waals surface area contributed by atoms with E-state index in [0.717, 1.165) is 11.0 Å². The van der Waals surface area contributed by atoms with Gasteiger partial charge in [0.1, 0.15) is 11.3 Å². The van der Waals surface area contributed by atoms with Crippen molar-refractivity contribution in [3.8, 4) is 5.75 Å². The van der Waals surface area contributed by atoms with Crippen LogP contribution in [0.1, 0.15) is 6.92 Å². The molecule has 1 aromatic heterocycles. The monoisotopic (exact) mass is 391 g/mol. The molecule has 0 saturated heterocycles. The number of carbonyl (C=O) groups is 1. The van der Waals surface area contributed by atoms with Gasteiger partial charge in [0.2, 0.25) is 0 Å². The minimum absolute atomic E-state index is 0.218. The Balaban J connectivity index is 1.54. The van der Waals surface area contributed by atoms with E-state index in [1.165, 1.54) is 0 Å². The van der Waals surface area contributed by atoms with Crippen molar-refractivity contribution >= 4 is 45.9 Å². The molecule has 3 aromatic rings. The summed E-state index contributed by atoms with van der Waals surface area (Å²) >= 11 is 11.8. The molecule has 1 heterocycles. The van der Waals surface area contributed by atoms with Gasteiger partial charge in [-0.2, -0.15) is 5.10 Å². The summed E-state index contributed by atoms with van der Waals surface area (Å²) < 4.78 is 7.06. The highest BCUT2D eigenvalue weighted by Gasteiger charge is 2.07. The first-order valence-corrected chi connectivity index (χ1v) is 8.46. The Morgan fingerprint density at radius 2 is 2.08 bits per heavy atom. The molecule has 0 atom stereocenters. The fourth-order valence-corrected chi connectivity index (χ4v) is 2.67. The van der Waals surface area contributed by atoms with Gasteiger partial charge < -0.3 is 4.74 Å². The van der Waals surface area contributed by atoms with Gasteiger partial charge in [0.15, 0.2) is 6.61 Å². The number of benzene rings is 2. The van der Waals surface area contributed by atoms with E-state index in [2.05, 4.69) is 20.8 Å². The molecular formula is C17H15Cl2N5O2. The Kier molecular flexibility index (Phi) is 5.70. The number of aromatic nitrogens is 3. The summed E-state index contributed by atoms with van der Waals surface area (Å²) in [6.45, 7) is 1.97. The van der Waals surface area contributed by atoms with Gasteiger partial charge in [-0.3, -0.25) is 4.79 Å². The highest BCUT2D eigenvalue weighted by Crippen LogP contribution is 2.27. The number of rotatable bonds is 6. The van der Waals surface area contributed by atoms with Gasteiger partial charge in [0.05, 0.1) is 22.8 Å². The van der Waals surface area contributed by atoms with E-state index < -0.39 is 5.91 Å². The van der Waals surface area contributed by atoms with E-state index in [4.69, 9.17) is 27.9 Å². The number of hydrogen-bond acceptors (Lipinski definition) is 5. The smallest absolute Gasteiger partial charge is 0.277 e. The molecule has 26 heavy (non-hydrogen) atoms. The Morgan fingerprint density at radius 3 is 2.88 bits per heavy atom. The van der Waals surface area contributed by atoms with E-state index in [1.54, 1.807) is 29.8 Å². The molecule has 0 unspecified atom stereocenters. The number of nitrogens with zero attached hydrogens (tertiary/aromatic N) is 4. The van der Waals surface area contributed by atoms with Crippen LogP contribution in [0.2, 0.25) is 10.0 Å². The molecule has 0 aliphatic heterocycles. The van der Waals surface area contributed by atoms with Crippen molar-refractivity contribution in [1.29, 1.82) is 0 Å². The molecule has 7 nitrogen and oxygen atoms in total. The lowest BCUT2D eigenvalue weighted by molar-refractivity contribution is -0.123. The average molecular weight is 392 g/mol. The van der Waals surface area contributed by atoms with E-state index in [0.29, 0.717) is 28.1 Å². The molecule has 3 rings (SSSR count). The number of hydrazone groups is 1. The summed E-state index contributed by atoms with van der Waals surface area (Å²) in [6.07, 6.45) is 0. The number of para-hydroxylation sites is 1. The van der Waals surface area contributed by atoms with Crippen molar-refractivity contribution in [3.63, 3.8) is 0 Å². The summed E-state index contributed by atoms with van der Waals surface area (Å²) in [4.78, 5) is 11.9. The fourth-order valence-electron chi connectivity index (χ4n) is 2.21. The Bertz CT molecular complexity index is 971. The van der Waals surface area contributed by atoms with Crippen LogP contribution in [-0.2, 0) is 11.3 Å². The number of hydrogen-bond donors (Lipinski definition) is 1. The number of fused-ring (bicyclic) bond motifs is 1. The Morgan fingerprint density at radius 1 is 1.27 bits per heavy atom. The molecule has 0 aliphatic carbocycles. The number of carbonyl (C=O) groups excluding carboxylic acids is 1. The van der Waals surface area contributed by atoms with Crippen molar-refractivity contribution in [3.05, 3.63) is 52.5 Å². The van der Waals surface area contributed by atoms with Gasteiger partial charge in [0, 0.05) is 5.02 Å². The van der Waals surface area contributed by atoms with Crippen LogP contribution in [0.25, 0.3) is 11.0 Å². The first kappa shape index (κ1) is 18.2. The highest BCUT2D eigenvalue weighted by atomic mass is 35.5. The van der Waals surface area contributed by atoms with Crippen molar-refractivity contribution in [2.24, 2.45) is 5.10 Å².